The molecule has 4 aromatic heterocycles. The molecule has 0 spiro atoms. The third kappa shape index (κ3) is 7.68. The van der Waals surface area contributed by atoms with Crippen molar-refractivity contribution in [2.24, 2.45) is 11.8 Å². The molecule has 1 aliphatic carbocycles. The topological polar surface area (TPSA) is 51.8 Å². The number of hydrogen-bond acceptors (Lipinski definition) is 4. The number of benzene rings is 3. The average Bonchev–Trinajstić information content (AvgIpc) is 3.48. The fourth-order valence-corrected chi connectivity index (χ4v) is 7.94. The summed E-state index contributed by atoms with van der Waals surface area (Å²) in [7, 11) is 0. The fourth-order valence-electron chi connectivity index (χ4n) is 7.94. The van der Waals surface area contributed by atoms with Crippen molar-refractivity contribution in [1.29, 1.82) is 0 Å². The first-order chi connectivity index (χ1) is 24.5. The number of nitrogens with zero attached hydrogens (tertiary/aromatic N) is 3. The van der Waals surface area contributed by atoms with Crippen LogP contribution in [0.4, 0.5) is 0 Å². The van der Waals surface area contributed by atoms with Crippen molar-refractivity contribution in [2.75, 3.05) is 0 Å². The van der Waals surface area contributed by atoms with Crippen LogP contribution in [0.15, 0.2) is 89.6 Å². The van der Waals surface area contributed by atoms with Gasteiger partial charge in [0.1, 0.15) is 0 Å². The third-order valence-corrected chi connectivity index (χ3v) is 10.7. The summed E-state index contributed by atoms with van der Waals surface area (Å²) in [6.45, 7) is 17.5. The first kappa shape index (κ1) is 37.3. The molecule has 8 rings (SSSR count). The summed E-state index contributed by atoms with van der Waals surface area (Å²) in [6, 6.07) is 31.7. The van der Waals surface area contributed by atoms with E-state index >= 15 is 0 Å². The Morgan fingerprint density at radius 2 is 1.37 bits per heavy atom. The third-order valence-electron chi connectivity index (χ3n) is 10.7. The normalized spacial score (nSPS) is 17.0. The molecule has 5 heteroatoms. The van der Waals surface area contributed by atoms with Crippen LogP contribution in [-0.4, -0.2) is 15.0 Å². The van der Waals surface area contributed by atoms with Gasteiger partial charge < -0.3 is 14.4 Å². The molecule has 7 aromatic rings. The van der Waals surface area contributed by atoms with Gasteiger partial charge in [-0.05, 0) is 117 Å². The first-order valence-electron chi connectivity index (χ1n) is 18.2. The summed E-state index contributed by atoms with van der Waals surface area (Å²) in [5, 5.41) is 2.08. The Kier molecular flexibility index (Phi) is 11.2. The summed E-state index contributed by atoms with van der Waals surface area (Å²) >= 11 is 0. The smallest absolute Gasteiger partial charge is 0.216 e. The minimum atomic E-state index is 0. The SMILES string of the molecule is Cc1c[c-]c(-c2cc(C)c(C)cn2)cc1.Cc1cc(-c2[c-]ccc3c2oc2nc(-c4c(C)cccc4C)ccc23)ncc1C1CC(C)CC(C)C1.[Ir]. The summed E-state index contributed by atoms with van der Waals surface area (Å²) in [4.78, 5) is 14.3. The van der Waals surface area contributed by atoms with E-state index in [1.165, 1.54) is 63.8 Å². The van der Waals surface area contributed by atoms with Crippen LogP contribution in [0.5, 0.6) is 0 Å². The second kappa shape index (κ2) is 15.7. The number of aromatic nitrogens is 3. The number of furan rings is 1. The van der Waals surface area contributed by atoms with Crippen molar-refractivity contribution in [1.82, 2.24) is 15.0 Å². The molecule has 0 bridgehead atoms. The second-order valence-electron chi connectivity index (χ2n) is 15.0. The van der Waals surface area contributed by atoms with Gasteiger partial charge in [0.15, 0.2) is 0 Å². The fraction of sp³-hybridized carbons (Fsp3) is 0.298. The Morgan fingerprint density at radius 3 is 2.04 bits per heavy atom. The van der Waals surface area contributed by atoms with E-state index < -0.39 is 0 Å². The van der Waals surface area contributed by atoms with Gasteiger partial charge in [0.05, 0.1) is 11.3 Å². The van der Waals surface area contributed by atoms with Crippen LogP contribution in [0.1, 0.15) is 78.0 Å². The van der Waals surface area contributed by atoms with E-state index in [1.807, 2.05) is 18.3 Å². The molecule has 267 valence electrons. The Balaban J connectivity index is 0.000000244. The van der Waals surface area contributed by atoms with E-state index in [4.69, 9.17) is 14.4 Å². The van der Waals surface area contributed by atoms with Crippen molar-refractivity contribution in [3.05, 3.63) is 136 Å². The number of pyridine rings is 3. The zero-order chi connectivity index (χ0) is 35.8. The van der Waals surface area contributed by atoms with Crippen LogP contribution in [0, 0.1) is 65.5 Å². The average molecular weight is 862 g/mol. The summed E-state index contributed by atoms with van der Waals surface area (Å²) in [5.41, 5.74) is 16.3. The Morgan fingerprint density at radius 1 is 0.654 bits per heavy atom. The van der Waals surface area contributed by atoms with Crippen molar-refractivity contribution in [3.63, 3.8) is 0 Å². The molecule has 1 aliphatic rings. The summed E-state index contributed by atoms with van der Waals surface area (Å²) in [5.74, 6) is 2.15. The van der Waals surface area contributed by atoms with Gasteiger partial charge in [-0.3, -0.25) is 0 Å². The molecule has 1 radical (unpaired) electrons. The quantitative estimate of drug-likeness (QED) is 0.165. The predicted octanol–water partition coefficient (Wildman–Crippen LogP) is 12.4. The Hall–Kier alpha value is -4.44. The van der Waals surface area contributed by atoms with Crippen molar-refractivity contribution in [3.8, 4) is 33.8 Å². The van der Waals surface area contributed by atoms with Gasteiger partial charge >= 0.3 is 0 Å². The van der Waals surface area contributed by atoms with Gasteiger partial charge in [0.2, 0.25) is 5.71 Å². The van der Waals surface area contributed by atoms with Crippen molar-refractivity contribution in [2.45, 2.75) is 80.6 Å². The molecule has 1 fully saturated rings. The minimum Gasteiger partial charge on any atom is -0.486 e. The van der Waals surface area contributed by atoms with E-state index in [2.05, 4.69) is 139 Å². The van der Waals surface area contributed by atoms with Crippen LogP contribution in [0.3, 0.4) is 0 Å². The number of fused-ring (bicyclic) bond motifs is 3. The molecule has 0 N–H and O–H groups in total. The van der Waals surface area contributed by atoms with Crippen molar-refractivity contribution >= 4 is 22.1 Å². The van der Waals surface area contributed by atoms with E-state index in [0.717, 1.165) is 56.4 Å². The van der Waals surface area contributed by atoms with E-state index in [9.17, 15) is 0 Å². The van der Waals surface area contributed by atoms with E-state index in [-0.39, 0.29) is 20.1 Å². The largest absolute Gasteiger partial charge is 0.486 e. The maximum absolute atomic E-state index is 6.41. The molecule has 0 saturated heterocycles. The molecular weight excluding hydrogens is 815 g/mol. The summed E-state index contributed by atoms with van der Waals surface area (Å²) < 4.78 is 6.41. The Bertz CT molecular complexity index is 2330. The van der Waals surface area contributed by atoms with Gasteiger partial charge in [-0.2, -0.15) is 0 Å². The molecule has 1 saturated carbocycles. The predicted molar refractivity (Wildman–Crippen MR) is 211 cm³/mol. The molecule has 4 heterocycles. The maximum Gasteiger partial charge on any atom is 0.216 e. The number of aryl methyl sites for hydroxylation is 6. The van der Waals surface area contributed by atoms with Crippen LogP contribution in [0.2, 0.25) is 0 Å². The van der Waals surface area contributed by atoms with Gasteiger partial charge in [0, 0.05) is 43.4 Å². The Labute approximate surface area is 322 Å². The van der Waals surface area contributed by atoms with Gasteiger partial charge in [-0.25, -0.2) is 4.98 Å². The number of rotatable bonds is 4. The maximum atomic E-state index is 6.41. The van der Waals surface area contributed by atoms with E-state index in [0.29, 0.717) is 11.6 Å². The standard InChI is InChI=1S/C33H33N2O.C14H14N.Ir/c1-19-14-20(2)16-24(15-19)28-18-34-30(17-23(28)5)27-11-7-10-25-26-12-13-29(35-33(26)36-32(25)27)31-21(3)8-6-9-22(31)4;1-10-4-6-13(7-5-10)14-8-11(2)12(3)9-15-14;/h6-10,12-13,17-20,24H,14-16H2,1-5H3;4-6,8-9H,1-3H3;/q2*-1;. The molecule has 0 aliphatic heterocycles. The molecule has 2 unspecified atom stereocenters. The van der Waals surface area contributed by atoms with Gasteiger partial charge in [0.25, 0.3) is 0 Å². The zero-order valence-electron chi connectivity index (χ0n) is 31.5. The molecule has 0 amide bonds. The summed E-state index contributed by atoms with van der Waals surface area (Å²) in [6.07, 6.45) is 7.87. The number of hydrogen-bond donors (Lipinski definition) is 0. The molecule has 4 nitrogen and oxygen atoms in total. The zero-order valence-corrected chi connectivity index (χ0v) is 33.9. The van der Waals surface area contributed by atoms with Gasteiger partial charge in [-0.1, -0.05) is 73.2 Å². The molecule has 2 atom stereocenters. The minimum absolute atomic E-state index is 0. The van der Waals surface area contributed by atoms with Crippen LogP contribution in [-0.2, 0) is 20.1 Å². The van der Waals surface area contributed by atoms with Crippen LogP contribution in [0.25, 0.3) is 55.8 Å². The van der Waals surface area contributed by atoms with Crippen LogP contribution < -0.4 is 0 Å². The van der Waals surface area contributed by atoms with Gasteiger partial charge in [-0.15, -0.1) is 53.6 Å². The molecule has 3 aromatic carbocycles. The van der Waals surface area contributed by atoms with E-state index in [1.54, 1.807) is 0 Å². The molecule has 52 heavy (non-hydrogen) atoms. The van der Waals surface area contributed by atoms with Crippen molar-refractivity contribution < 1.29 is 24.5 Å². The first-order valence-corrected chi connectivity index (χ1v) is 18.2. The second-order valence-corrected chi connectivity index (χ2v) is 15.0. The monoisotopic (exact) mass is 862 g/mol. The molecular formula is C47H47IrN3O-2. The van der Waals surface area contributed by atoms with Crippen LogP contribution >= 0.6 is 0 Å².